The number of hydrogen-bond donors (Lipinski definition) is 1. The van der Waals surface area contributed by atoms with Gasteiger partial charge in [-0.2, -0.15) is 0 Å². The Morgan fingerprint density at radius 1 is 1.40 bits per heavy atom. The van der Waals surface area contributed by atoms with Crippen LogP contribution in [0.1, 0.15) is 12.0 Å². The third-order valence-electron chi connectivity index (χ3n) is 3.53. The molecule has 2 rings (SSSR count). The number of nitrogen functional groups attached to an aromatic ring is 1. The molecule has 1 saturated heterocycles. The summed E-state index contributed by atoms with van der Waals surface area (Å²) in [6.45, 7) is 4.29. The molecule has 0 aromatic carbocycles. The van der Waals surface area contributed by atoms with E-state index in [1.807, 2.05) is 17.0 Å². The van der Waals surface area contributed by atoms with E-state index < -0.39 is 0 Å². The van der Waals surface area contributed by atoms with Gasteiger partial charge in [-0.1, -0.05) is 6.07 Å². The van der Waals surface area contributed by atoms with Crippen molar-refractivity contribution >= 4 is 11.7 Å². The summed E-state index contributed by atoms with van der Waals surface area (Å²) in [7, 11) is 1.55. The molecule has 0 saturated carbocycles. The maximum Gasteiger partial charge on any atom is 0.248 e. The Bertz CT molecular complexity index is 453. The highest BCUT2D eigenvalue weighted by Gasteiger charge is 2.19. The lowest BCUT2D eigenvalue weighted by molar-refractivity contribution is -0.135. The zero-order chi connectivity index (χ0) is 14.4. The van der Waals surface area contributed by atoms with Crippen LogP contribution in [0.25, 0.3) is 0 Å². The highest BCUT2D eigenvalue weighted by atomic mass is 16.5. The van der Waals surface area contributed by atoms with E-state index >= 15 is 0 Å². The minimum absolute atomic E-state index is 0.0650. The van der Waals surface area contributed by atoms with Crippen LogP contribution in [0.5, 0.6) is 0 Å². The number of amides is 1. The second-order valence-corrected chi connectivity index (χ2v) is 4.99. The molecule has 6 nitrogen and oxygen atoms in total. The van der Waals surface area contributed by atoms with Gasteiger partial charge in [0.1, 0.15) is 12.4 Å². The molecule has 0 spiro atoms. The molecule has 0 unspecified atom stereocenters. The molecule has 1 fully saturated rings. The van der Waals surface area contributed by atoms with Crippen molar-refractivity contribution in [3.05, 3.63) is 23.9 Å². The fourth-order valence-electron chi connectivity index (χ4n) is 2.42. The van der Waals surface area contributed by atoms with Crippen molar-refractivity contribution in [1.82, 2.24) is 14.8 Å². The average molecular weight is 278 g/mol. The number of methoxy groups -OCH3 is 1. The Balaban J connectivity index is 1.90. The van der Waals surface area contributed by atoms with Crippen molar-refractivity contribution in [3.8, 4) is 0 Å². The van der Waals surface area contributed by atoms with Crippen molar-refractivity contribution in [1.29, 1.82) is 0 Å². The minimum atomic E-state index is 0.0650. The molecule has 1 amide bonds. The van der Waals surface area contributed by atoms with Gasteiger partial charge in [-0.3, -0.25) is 9.69 Å². The molecule has 1 aromatic heterocycles. The van der Waals surface area contributed by atoms with Gasteiger partial charge < -0.3 is 15.4 Å². The van der Waals surface area contributed by atoms with Crippen LogP contribution < -0.4 is 5.73 Å². The zero-order valence-electron chi connectivity index (χ0n) is 11.9. The van der Waals surface area contributed by atoms with Gasteiger partial charge in [-0.25, -0.2) is 4.98 Å². The molecular weight excluding hydrogens is 256 g/mol. The molecule has 1 aromatic rings. The number of carbonyl (C=O) groups is 1. The van der Waals surface area contributed by atoms with E-state index in [4.69, 9.17) is 10.5 Å². The van der Waals surface area contributed by atoms with Crippen molar-refractivity contribution in [3.63, 3.8) is 0 Å². The normalized spacial score (nSPS) is 16.9. The van der Waals surface area contributed by atoms with E-state index in [0.717, 1.165) is 44.7 Å². The summed E-state index contributed by atoms with van der Waals surface area (Å²) < 4.78 is 4.91. The molecule has 1 aliphatic rings. The number of nitrogens with two attached hydrogens (primary N) is 1. The molecule has 1 aliphatic heterocycles. The summed E-state index contributed by atoms with van der Waals surface area (Å²) in [5.41, 5.74) is 6.92. The van der Waals surface area contributed by atoms with Crippen LogP contribution in [0.2, 0.25) is 0 Å². The lowest BCUT2D eigenvalue weighted by Gasteiger charge is -2.22. The fourth-order valence-corrected chi connectivity index (χ4v) is 2.42. The van der Waals surface area contributed by atoms with E-state index in [2.05, 4.69) is 9.88 Å². The van der Waals surface area contributed by atoms with Crippen LogP contribution in [0.15, 0.2) is 18.3 Å². The molecule has 2 heterocycles. The van der Waals surface area contributed by atoms with E-state index in [1.165, 1.54) is 0 Å². The summed E-state index contributed by atoms with van der Waals surface area (Å²) in [4.78, 5) is 20.1. The number of nitrogens with zero attached hydrogens (tertiary/aromatic N) is 3. The average Bonchev–Trinajstić information content (AvgIpc) is 2.67. The maximum absolute atomic E-state index is 11.8. The van der Waals surface area contributed by atoms with E-state index in [0.29, 0.717) is 5.82 Å². The highest BCUT2D eigenvalue weighted by molar-refractivity contribution is 5.77. The van der Waals surface area contributed by atoms with E-state index in [-0.39, 0.29) is 12.5 Å². The second-order valence-electron chi connectivity index (χ2n) is 4.99. The van der Waals surface area contributed by atoms with Crippen molar-refractivity contribution in [2.75, 3.05) is 45.6 Å². The molecule has 0 atom stereocenters. The maximum atomic E-state index is 11.8. The van der Waals surface area contributed by atoms with Gasteiger partial charge in [-0.15, -0.1) is 0 Å². The first-order chi connectivity index (χ1) is 9.70. The number of anilines is 1. The number of aromatic nitrogens is 1. The van der Waals surface area contributed by atoms with Crippen LogP contribution >= 0.6 is 0 Å². The summed E-state index contributed by atoms with van der Waals surface area (Å²) in [6.07, 6.45) is 2.67. The van der Waals surface area contributed by atoms with Crippen LogP contribution in [-0.4, -0.2) is 60.6 Å². The largest absolute Gasteiger partial charge is 0.383 e. The van der Waals surface area contributed by atoms with Gasteiger partial charge in [-0.05, 0) is 12.5 Å². The summed E-state index contributed by atoms with van der Waals surface area (Å²) >= 11 is 0. The Labute approximate surface area is 119 Å². The number of hydrogen-bond acceptors (Lipinski definition) is 5. The molecule has 0 radical (unpaired) electrons. The Kier molecular flexibility index (Phi) is 5.31. The fraction of sp³-hybridized carbons (Fsp3) is 0.571. The topological polar surface area (TPSA) is 71.7 Å². The predicted octanol–water partition coefficient (Wildman–Crippen LogP) is 0.345. The van der Waals surface area contributed by atoms with Crippen LogP contribution in [0.4, 0.5) is 5.82 Å². The monoisotopic (exact) mass is 278 g/mol. The standard InChI is InChI=1S/C14H22N4O2/c1-20-11-13(19)18-7-3-6-17(8-9-18)10-12-4-2-5-16-14(12)15/h2,4-5H,3,6-11H2,1H3,(H2,15,16). The first-order valence-corrected chi connectivity index (χ1v) is 6.89. The molecular formula is C14H22N4O2. The lowest BCUT2D eigenvalue weighted by atomic mass is 10.2. The van der Waals surface area contributed by atoms with Crippen molar-refractivity contribution in [2.45, 2.75) is 13.0 Å². The molecule has 0 bridgehead atoms. The Morgan fingerprint density at radius 3 is 3.00 bits per heavy atom. The van der Waals surface area contributed by atoms with Crippen LogP contribution in [0.3, 0.4) is 0 Å². The van der Waals surface area contributed by atoms with Crippen LogP contribution in [0, 0.1) is 0 Å². The predicted molar refractivity (Wildman–Crippen MR) is 77.0 cm³/mol. The third kappa shape index (κ3) is 3.91. The first-order valence-electron chi connectivity index (χ1n) is 6.89. The van der Waals surface area contributed by atoms with E-state index in [9.17, 15) is 4.79 Å². The number of ether oxygens (including phenoxy) is 1. The quantitative estimate of drug-likeness (QED) is 0.860. The number of pyridine rings is 1. The van der Waals surface area contributed by atoms with Crippen molar-refractivity contribution < 1.29 is 9.53 Å². The van der Waals surface area contributed by atoms with Gasteiger partial charge in [0.05, 0.1) is 0 Å². The lowest BCUT2D eigenvalue weighted by Crippen LogP contribution is -2.37. The zero-order valence-corrected chi connectivity index (χ0v) is 11.9. The van der Waals surface area contributed by atoms with Gasteiger partial charge in [0.25, 0.3) is 0 Å². The van der Waals surface area contributed by atoms with Gasteiger partial charge >= 0.3 is 0 Å². The third-order valence-corrected chi connectivity index (χ3v) is 3.53. The first kappa shape index (κ1) is 14.7. The summed E-state index contributed by atoms with van der Waals surface area (Å²) in [5, 5.41) is 0. The molecule has 20 heavy (non-hydrogen) atoms. The smallest absolute Gasteiger partial charge is 0.248 e. The SMILES string of the molecule is COCC(=O)N1CCCN(Cc2cccnc2N)CC1. The van der Waals surface area contributed by atoms with Crippen molar-refractivity contribution in [2.24, 2.45) is 0 Å². The molecule has 110 valence electrons. The molecule has 2 N–H and O–H groups in total. The molecule has 0 aliphatic carbocycles. The Morgan fingerprint density at radius 2 is 2.25 bits per heavy atom. The Hall–Kier alpha value is -1.66. The minimum Gasteiger partial charge on any atom is -0.383 e. The van der Waals surface area contributed by atoms with Gasteiger partial charge in [0.15, 0.2) is 0 Å². The van der Waals surface area contributed by atoms with E-state index in [1.54, 1.807) is 13.3 Å². The summed E-state index contributed by atoms with van der Waals surface area (Å²) in [6, 6.07) is 3.90. The second kappa shape index (κ2) is 7.21. The number of carbonyl (C=O) groups excluding carboxylic acids is 1. The highest BCUT2D eigenvalue weighted by Crippen LogP contribution is 2.13. The van der Waals surface area contributed by atoms with Crippen LogP contribution in [-0.2, 0) is 16.1 Å². The van der Waals surface area contributed by atoms with Gasteiger partial charge in [0, 0.05) is 51.6 Å². The number of rotatable bonds is 4. The summed E-state index contributed by atoms with van der Waals surface area (Å²) in [5.74, 6) is 0.652. The van der Waals surface area contributed by atoms with Gasteiger partial charge in [0.2, 0.25) is 5.91 Å². The molecule has 6 heteroatoms.